The second-order valence-corrected chi connectivity index (χ2v) is 4.57. The zero-order valence-electron chi connectivity index (χ0n) is 9.21. The maximum atomic E-state index is 12.9. The summed E-state index contributed by atoms with van der Waals surface area (Å²) in [6.07, 6.45) is 0. The quantitative estimate of drug-likeness (QED) is 0.840. The molecule has 0 bridgehead atoms. The first kappa shape index (κ1) is 11.9. The topological polar surface area (TPSA) is 35.2 Å². The molecule has 0 saturated heterocycles. The molecule has 0 spiro atoms. The minimum absolute atomic E-state index is 0.275. The molecule has 0 heterocycles. The summed E-state index contributed by atoms with van der Waals surface area (Å²) in [6.45, 7) is 1.99. The Balaban J connectivity index is 2.31. The van der Waals surface area contributed by atoms with Gasteiger partial charge in [-0.2, -0.15) is 0 Å². The summed E-state index contributed by atoms with van der Waals surface area (Å²) < 4.78 is 19.3. The van der Waals surface area contributed by atoms with Gasteiger partial charge in [0.2, 0.25) is 0 Å². The molecule has 0 radical (unpaired) electrons. The first-order valence-electron chi connectivity index (χ1n) is 5.05. The lowest BCUT2D eigenvalue weighted by Gasteiger charge is -2.10. The Morgan fingerprint density at radius 1 is 1.12 bits per heavy atom. The number of anilines is 1. The van der Waals surface area contributed by atoms with Crippen LogP contribution in [0.15, 0.2) is 40.9 Å². The predicted molar refractivity (Wildman–Crippen MR) is 69.8 cm³/mol. The third-order valence-corrected chi connectivity index (χ3v) is 2.90. The van der Waals surface area contributed by atoms with Crippen LogP contribution < -0.4 is 10.5 Å². The summed E-state index contributed by atoms with van der Waals surface area (Å²) in [7, 11) is 0. The molecule has 2 aromatic rings. The number of benzene rings is 2. The number of ether oxygens (including phenoxy) is 1. The van der Waals surface area contributed by atoms with Crippen LogP contribution in [0.3, 0.4) is 0 Å². The molecule has 88 valence electrons. The largest absolute Gasteiger partial charge is 0.454 e. The van der Waals surface area contributed by atoms with E-state index in [-0.39, 0.29) is 11.5 Å². The average Bonchev–Trinajstić information content (AvgIpc) is 2.25. The van der Waals surface area contributed by atoms with Crippen molar-refractivity contribution in [3.8, 4) is 11.5 Å². The number of rotatable bonds is 2. The van der Waals surface area contributed by atoms with Crippen LogP contribution in [-0.4, -0.2) is 0 Å². The molecule has 0 aromatic heterocycles. The van der Waals surface area contributed by atoms with Gasteiger partial charge in [-0.3, -0.25) is 0 Å². The van der Waals surface area contributed by atoms with E-state index in [0.29, 0.717) is 11.5 Å². The summed E-state index contributed by atoms with van der Waals surface area (Å²) in [4.78, 5) is 0. The molecule has 0 aliphatic carbocycles. The monoisotopic (exact) mass is 295 g/mol. The smallest absolute Gasteiger partial charge is 0.150 e. The van der Waals surface area contributed by atoms with E-state index in [1.807, 2.05) is 25.1 Å². The third-order valence-electron chi connectivity index (χ3n) is 2.28. The van der Waals surface area contributed by atoms with Gasteiger partial charge in [0.15, 0.2) is 5.75 Å². The van der Waals surface area contributed by atoms with Crippen LogP contribution >= 0.6 is 15.9 Å². The van der Waals surface area contributed by atoms with Crippen molar-refractivity contribution in [1.82, 2.24) is 0 Å². The van der Waals surface area contributed by atoms with Crippen LogP contribution in [0.4, 0.5) is 10.1 Å². The Bertz CT molecular complexity index is 508. The molecule has 0 aliphatic heterocycles. The van der Waals surface area contributed by atoms with E-state index in [2.05, 4.69) is 15.9 Å². The zero-order chi connectivity index (χ0) is 12.4. The summed E-state index contributed by atoms with van der Waals surface area (Å²) in [5.74, 6) is 0.711. The molecule has 0 saturated carbocycles. The number of nitrogens with two attached hydrogens (primary N) is 1. The van der Waals surface area contributed by atoms with Crippen molar-refractivity contribution < 1.29 is 9.13 Å². The van der Waals surface area contributed by atoms with Crippen molar-refractivity contribution in [2.24, 2.45) is 0 Å². The van der Waals surface area contributed by atoms with Crippen molar-refractivity contribution in [3.05, 3.63) is 52.3 Å². The lowest BCUT2D eigenvalue weighted by atomic mass is 10.2. The molecule has 0 aliphatic rings. The fourth-order valence-electron chi connectivity index (χ4n) is 1.42. The molecule has 0 atom stereocenters. The van der Waals surface area contributed by atoms with E-state index >= 15 is 0 Å². The van der Waals surface area contributed by atoms with Gasteiger partial charge in [0.05, 0.1) is 10.2 Å². The van der Waals surface area contributed by atoms with E-state index in [1.54, 1.807) is 0 Å². The highest BCUT2D eigenvalue weighted by molar-refractivity contribution is 9.10. The lowest BCUT2D eigenvalue weighted by molar-refractivity contribution is 0.480. The maximum absolute atomic E-state index is 12.9. The number of halogens is 2. The second-order valence-electron chi connectivity index (χ2n) is 3.72. The van der Waals surface area contributed by atoms with E-state index < -0.39 is 0 Å². The van der Waals surface area contributed by atoms with E-state index in [9.17, 15) is 4.39 Å². The minimum atomic E-state index is -0.377. The van der Waals surface area contributed by atoms with Crippen molar-refractivity contribution in [1.29, 1.82) is 0 Å². The van der Waals surface area contributed by atoms with E-state index in [1.165, 1.54) is 18.2 Å². The SMILES string of the molecule is Cc1ccc(Oc2ccc(F)cc2N)c(Br)c1. The van der Waals surface area contributed by atoms with Crippen LogP contribution in [0, 0.1) is 12.7 Å². The highest BCUT2D eigenvalue weighted by atomic mass is 79.9. The Morgan fingerprint density at radius 2 is 1.82 bits per heavy atom. The number of hydrogen-bond donors (Lipinski definition) is 1. The van der Waals surface area contributed by atoms with Crippen molar-refractivity contribution in [3.63, 3.8) is 0 Å². The van der Waals surface area contributed by atoms with Crippen molar-refractivity contribution in [2.45, 2.75) is 6.92 Å². The van der Waals surface area contributed by atoms with Gasteiger partial charge in [-0.1, -0.05) is 6.07 Å². The molecule has 0 fully saturated rings. The Kier molecular flexibility index (Phi) is 3.33. The van der Waals surface area contributed by atoms with Crippen LogP contribution in [0.25, 0.3) is 0 Å². The van der Waals surface area contributed by atoms with Gasteiger partial charge in [0.1, 0.15) is 11.6 Å². The first-order chi connectivity index (χ1) is 8.06. The number of hydrogen-bond acceptors (Lipinski definition) is 2. The third kappa shape index (κ3) is 2.77. The van der Waals surface area contributed by atoms with Gasteiger partial charge >= 0.3 is 0 Å². The lowest BCUT2D eigenvalue weighted by Crippen LogP contribution is -1.93. The average molecular weight is 296 g/mol. The molecule has 4 heteroatoms. The van der Waals surface area contributed by atoms with Gasteiger partial charge < -0.3 is 10.5 Å². The summed E-state index contributed by atoms with van der Waals surface area (Å²) in [5, 5.41) is 0. The summed E-state index contributed by atoms with van der Waals surface area (Å²) >= 11 is 3.40. The van der Waals surface area contributed by atoms with Crippen LogP contribution in [0.2, 0.25) is 0 Å². The first-order valence-corrected chi connectivity index (χ1v) is 5.84. The number of aryl methyl sites for hydroxylation is 1. The van der Waals surface area contributed by atoms with Gasteiger partial charge in [-0.25, -0.2) is 4.39 Å². The van der Waals surface area contributed by atoms with Gasteiger partial charge in [0.25, 0.3) is 0 Å². The highest BCUT2D eigenvalue weighted by Crippen LogP contribution is 2.33. The standard InChI is InChI=1S/C13H11BrFNO/c1-8-2-4-12(10(14)6-8)17-13-5-3-9(15)7-11(13)16/h2-7H,16H2,1H3. The molecule has 0 amide bonds. The number of nitrogen functional groups attached to an aromatic ring is 1. The molecule has 2 aromatic carbocycles. The van der Waals surface area contributed by atoms with Crippen LogP contribution in [0.1, 0.15) is 5.56 Å². The Hall–Kier alpha value is -1.55. The molecular weight excluding hydrogens is 285 g/mol. The van der Waals surface area contributed by atoms with Gasteiger partial charge in [0, 0.05) is 6.07 Å². The van der Waals surface area contributed by atoms with Gasteiger partial charge in [-0.15, -0.1) is 0 Å². The fourth-order valence-corrected chi connectivity index (χ4v) is 1.99. The molecule has 17 heavy (non-hydrogen) atoms. The summed E-state index contributed by atoms with van der Waals surface area (Å²) in [6, 6.07) is 9.76. The predicted octanol–water partition coefficient (Wildman–Crippen LogP) is 4.27. The second kappa shape index (κ2) is 4.75. The normalized spacial score (nSPS) is 10.3. The van der Waals surface area contributed by atoms with Gasteiger partial charge in [-0.05, 0) is 52.7 Å². The van der Waals surface area contributed by atoms with Crippen LogP contribution in [-0.2, 0) is 0 Å². The molecular formula is C13H11BrFNO. The molecule has 2 N–H and O–H groups in total. The van der Waals surface area contributed by atoms with E-state index in [4.69, 9.17) is 10.5 Å². The molecule has 2 rings (SSSR count). The van der Waals surface area contributed by atoms with Crippen LogP contribution in [0.5, 0.6) is 11.5 Å². The molecule has 2 nitrogen and oxygen atoms in total. The Labute approximate surface area is 107 Å². The summed E-state index contributed by atoms with van der Waals surface area (Å²) in [5.41, 5.74) is 7.07. The fraction of sp³-hybridized carbons (Fsp3) is 0.0769. The maximum Gasteiger partial charge on any atom is 0.150 e. The Morgan fingerprint density at radius 3 is 2.47 bits per heavy atom. The van der Waals surface area contributed by atoms with E-state index in [0.717, 1.165) is 10.0 Å². The highest BCUT2D eigenvalue weighted by Gasteiger charge is 2.06. The zero-order valence-corrected chi connectivity index (χ0v) is 10.8. The molecule has 0 unspecified atom stereocenters. The minimum Gasteiger partial charge on any atom is -0.454 e. The van der Waals surface area contributed by atoms with Crippen molar-refractivity contribution in [2.75, 3.05) is 5.73 Å². The van der Waals surface area contributed by atoms with Crippen molar-refractivity contribution >= 4 is 21.6 Å².